The first-order valence-electron chi connectivity index (χ1n) is 3.10. The molecule has 1 heterocycles. The van der Waals surface area contributed by atoms with Crippen molar-refractivity contribution in [3.63, 3.8) is 0 Å². The van der Waals surface area contributed by atoms with E-state index < -0.39 is 0 Å². The second kappa shape index (κ2) is 4.84. The SMILES string of the molecule is C=Nc1ccc(Cl)nc1SCBr. The molecular weight excluding hydrogens is 260 g/mol. The Kier molecular flexibility index (Phi) is 4.05. The van der Waals surface area contributed by atoms with Crippen molar-refractivity contribution in [2.24, 2.45) is 4.99 Å². The maximum atomic E-state index is 5.71. The summed E-state index contributed by atoms with van der Waals surface area (Å²) < 4.78 is 0.767. The van der Waals surface area contributed by atoms with Crippen LogP contribution in [-0.4, -0.2) is 16.4 Å². The molecule has 12 heavy (non-hydrogen) atoms. The number of rotatable bonds is 3. The van der Waals surface area contributed by atoms with Gasteiger partial charge in [0, 0.05) is 0 Å². The molecule has 1 aromatic heterocycles. The van der Waals surface area contributed by atoms with Crippen LogP contribution in [0.15, 0.2) is 22.2 Å². The van der Waals surface area contributed by atoms with Crippen LogP contribution in [0, 0.1) is 0 Å². The lowest BCUT2D eigenvalue weighted by molar-refractivity contribution is 1.13. The maximum absolute atomic E-state index is 5.71. The van der Waals surface area contributed by atoms with E-state index in [1.807, 2.05) is 0 Å². The highest BCUT2D eigenvalue weighted by Crippen LogP contribution is 2.29. The average Bonchev–Trinajstić information content (AvgIpc) is 2.05. The lowest BCUT2D eigenvalue weighted by atomic mass is 10.4. The first-order chi connectivity index (χ1) is 5.77. The third kappa shape index (κ3) is 2.47. The summed E-state index contributed by atoms with van der Waals surface area (Å²) in [5.41, 5.74) is 0.767. The number of hydrogen-bond acceptors (Lipinski definition) is 3. The Morgan fingerprint density at radius 2 is 2.42 bits per heavy atom. The molecule has 0 fully saturated rings. The lowest BCUT2D eigenvalue weighted by Crippen LogP contribution is -1.81. The molecule has 1 aromatic rings. The second-order valence-electron chi connectivity index (χ2n) is 1.87. The van der Waals surface area contributed by atoms with Crippen LogP contribution in [0.5, 0.6) is 0 Å². The van der Waals surface area contributed by atoms with Gasteiger partial charge in [-0.25, -0.2) is 4.98 Å². The van der Waals surface area contributed by atoms with Crippen LogP contribution in [0.25, 0.3) is 0 Å². The number of thioether (sulfide) groups is 1. The number of halogens is 2. The topological polar surface area (TPSA) is 25.2 Å². The van der Waals surface area contributed by atoms with Crippen molar-refractivity contribution in [2.45, 2.75) is 5.03 Å². The normalized spacial score (nSPS) is 9.83. The van der Waals surface area contributed by atoms with Gasteiger partial charge in [-0.05, 0) is 18.9 Å². The van der Waals surface area contributed by atoms with E-state index in [0.717, 1.165) is 15.4 Å². The fourth-order valence-corrected chi connectivity index (χ4v) is 2.08. The number of nitrogens with zero attached hydrogens (tertiary/aromatic N) is 2. The van der Waals surface area contributed by atoms with Crippen molar-refractivity contribution < 1.29 is 0 Å². The minimum absolute atomic E-state index is 0.478. The molecule has 0 unspecified atom stereocenters. The van der Waals surface area contributed by atoms with Gasteiger partial charge in [-0.3, -0.25) is 4.99 Å². The van der Waals surface area contributed by atoms with Gasteiger partial charge in [0.1, 0.15) is 10.2 Å². The Morgan fingerprint density at radius 3 is 3.00 bits per heavy atom. The molecule has 0 spiro atoms. The highest BCUT2D eigenvalue weighted by molar-refractivity contribution is 9.11. The molecule has 0 aliphatic carbocycles. The summed E-state index contributed by atoms with van der Waals surface area (Å²) in [6.45, 7) is 3.44. The molecule has 0 bridgehead atoms. The van der Waals surface area contributed by atoms with Gasteiger partial charge in [-0.15, -0.1) is 0 Å². The summed E-state index contributed by atoms with van der Waals surface area (Å²) in [4.78, 5) is 7.92. The van der Waals surface area contributed by atoms with Crippen LogP contribution in [0.4, 0.5) is 5.69 Å². The molecule has 5 heteroatoms. The minimum Gasteiger partial charge on any atom is -0.262 e. The number of hydrogen-bond donors (Lipinski definition) is 0. The molecule has 64 valence electrons. The summed E-state index contributed by atoms with van der Waals surface area (Å²) >= 11 is 10.5. The zero-order valence-electron chi connectivity index (χ0n) is 6.13. The smallest absolute Gasteiger partial charge is 0.130 e. The van der Waals surface area contributed by atoms with Crippen LogP contribution in [0.3, 0.4) is 0 Å². The summed E-state index contributed by atoms with van der Waals surface area (Å²) in [6.07, 6.45) is 0. The van der Waals surface area contributed by atoms with E-state index in [1.165, 1.54) is 11.8 Å². The Bertz CT molecular complexity index is 293. The summed E-state index contributed by atoms with van der Waals surface area (Å²) in [7, 11) is 0. The van der Waals surface area contributed by atoms with Gasteiger partial charge in [0.25, 0.3) is 0 Å². The molecule has 1 rings (SSSR count). The first kappa shape index (κ1) is 10.0. The molecule has 0 aliphatic rings. The quantitative estimate of drug-likeness (QED) is 0.362. The molecule has 0 atom stereocenters. The predicted molar refractivity (Wildman–Crippen MR) is 58.1 cm³/mol. The Morgan fingerprint density at radius 1 is 1.67 bits per heavy atom. The lowest BCUT2D eigenvalue weighted by Gasteiger charge is -2.01. The molecule has 0 aliphatic heterocycles. The van der Waals surface area contributed by atoms with Gasteiger partial charge in [-0.1, -0.05) is 39.3 Å². The predicted octanol–water partition coefficient (Wildman–Crippen LogP) is 3.51. The van der Waals surface area contributed by atoms with Gasteiger partial charge in [-0.2, -0.15) is 0 Å². The van der Waals surface area contributed by atoms with Gasteiger partial charge < -0.3 is 0 Å². The molecule has 0 amide bonds. The average molecular weight is 266 g/mol. The van der Waals surface area contributed by atoms with Crippen LogP contribution in [-0.2, 0) is 0 Å². The Hall–Kier alpha value is -0.0600. The van der Waals surface area contributed by atoms with E-state index in [2.05, 4.69) is 32.6 Å². The molecule has 0 aromatic carbocycles. The van der Waals surface area contributed by atoms with E-state index in [4.69, 9.17) is 11.6 Å². The molecule has 0 saturated carbocycles. The highest BCUT2D eigenvalue weighted by Gasteiger charge is 2.02. The van der Waals surface area contributed by atoms with Crippen molar-refractivity contribution in [2.75, 3.05) is 4.66 Å². The van der Waals surface area contributed by atoms with E-state index in [1.54, 1.807) is 12.1 Å². The first-order valence-corrected chi connectivity index (χ1v) is 5.58. The van der Waals surface area contributed by atoms with Crippen molar-refractivity contribution >= 4 is 51.7 Å². The molecule has 0 saturated heterocycles. The van der Waals surface area contributed by atoms with Crippen molar-refractivity contribution in [1.82, 2.24) is 4.98 Å². The van der Waals surface area contributed by atoms with E-state index in [-0.39, 0.29) is 0 Å². The third-order valence-corrected chi connectivity index (χ3v) is 2.75. The Balaban J connectivity index is 3.03. The fourth-order valence-electron chi connectivity index (χ4n) is 0.689. The largest absolute Gasteiger partial charge is 0.262 e. The van der Waals surface area contributed by atoms with Gasteiger partial charge in [0.2, 0.25) is 0 Å². The van der Waals surface area contributed by atoms with Gasteiger partial charge in [0.05, 0.1) is 10.3 Å². The zero-order valence-corrected chi connectivity index (χ0v) is 9.29. The van der Waals surface area contributed by atoms with E-state index >= 15 is 0 Å². The van der Waals surface area contributed by atoms with Crippen LogP contribution < -0.4 is 0 Å². The third-order valence-electron chi connectivity index (χ3n) is 1.17. The number of aromatic nitrogens is 1. The van der Waals surface area contributed by atoms with Gasteiger partial charge >= 0.3 is 0 Å². The molecule has 0 N–H and O–H groups in total. The standard InChI is InChI=1S/C7H6BrClN2S/c1-10-5-2-3-6(9)11-7(5)12-4-8/h2-3H,1,4H2. The van der Waals surface area contributed by atoms with Crippen LogP contribution in [0.2, 0.25) is 5.15 Å². The number of alkyl halides is 1. The Labute approximate surface area is 88.6 Å². The molecule has 2 nitrogen and oxygen atoms in total. The number of aliphatic imine (C=N–C) groups is 1. The highest BCUT2D eigenvalue weighted by atomic mass is 79.9. The van der Waals surface area contributed by atoms with Crippen LogP contribution >= 0.6 is 39.3 Å². The van der Waals surface area contributed by atoms with Crippen molar-refractivity contribution in [3.8, 4) is 0 Å². The van der Waals surface area contributed by atoms with Crippen molar-refractivity contribution in [1.29, 1.82) is 0 Å². The van der Waals surface area contributed by atoms with Crippen molar-refractivity contribution in [3.05, 3.63) is 17.3 Å². The fraction of sp³-hybridized carbons (Fsp3) is 0.143. The second-order valence-corrected chi connectivity index (χ2v) is 4.52. The molecular formula is C7H6BrClN2S. The summed E-state index contributed by atoms with van der Waals surface area (Å²) in [5.74, 6) is 0. The van der Waals surface area contributed by atoms with E-state index in [9.17, 15) is 0 Å². The minimum atomic E-state index is 0.478. The van der Waals surface area contributed by atoms with E-state index in [0.29, 0.717) is 5.15 Å². The van der Waals surface area contributed by atoms with Crippen LogP contribution in [0.1, 0.15) is 0 Å². The summed E-state index contributed by atoms with van der Waals surface area (Å²) in [5, 5.41) is 1.28. The monoisotopic (exact) mass is 264 g/mol. The zero-order chi connectivity index (χ0) is 8.97. The summed E-state index contributed by atoms with van der Waals surface area (Å²) in [6, 6.07) is 3.50. The maximum Gasteiger partial charge on any atom is 0.130 e. The van der Waals surface area contributed by atoms with Gasteiger partial charge in [0.15, 0.2) is 0 Å². The number of pyridine rings is 1. The molecule has 0 radical (unpaired) electrons.